The first-order valence-corrected chi connectivity index (χ1v) is 12.9. The minimum atomic E-state index is -0.617. The Morgan fingerprint density at radius 2 is 1.84 bits per heavy atom. The van der Waals surface area contributed by atoms with Gasteiger partial charge in [0, 0.05) is 6.61 Å². The summed E-state index contributed by atoms with van der Waals surface area (Å²) in [6.45, 7) is 11.4. The van der Waals surface area contributed by atoms with Crippen LogP contribution in [0.3, 0.4) is 0 Å². The molecule has 0 unspecified atom stereocenters. The maximum atomic E-state index is 10.2. The summed E-state index contributed by atoms with van der Waals surface area (Å²) >= 11 is 0. The number of aliphatic hydroxyl groups excluding tert-OH is 3. The van der Waals surface area contributed by atoms with Crippen molar-refractivity contribution < 1.29 is 15.3 Å². The Kier molecular flexibility index (Phi) is 8.63. The van der Waals surface area contributed by atoms with E-state index in [0.717, 1.165) is 17.9 Å². The number of unbranched alkanes of at least 4 members (excludes halogenated alkanes) is 1. The van der Waals surface area contributed by atoms with Gasteiger partial charge in [-0.1, -0.05) is 69.9 Å². The molecule has 3 fully saturated rings. The summed E-state index contributed by atoms with van der Waals surface area (Å²) in [5.74, 6) is 2.70. The Balaban J connectivity index is 1.75. The van der Waals surface area contributed by atoms with Crippen LogP contribution in [0.4, 0.5) is 0 Å². The third kappa shape index (κ3) is 5.37. The molecule has 3 rings (SSSR count). The Bertz CT molecular complexity index is 662. The van der Waals surface area contributed by atoms with Crippen molar-refractivity contribution in [2.45, 2.75) is 104 Å². The number of rotatable bonds is 8. The lowest BCUT2D eigenvalue weighted by molar-refractivity contribution is 0.0615. The van der Waals surface area contributed by atoms with Crippen molar-refractivity contribution in [3.8, 4) is 0 Å². The fourth-order valence-corrected chi connectivity index (χ4v) is 7.20. The topological polar surface area (TPSA) is 60.7 Å². The predicted molar refractivity (Wildman–Crippen MR) is 129 cm³/mol. The van der Waals surface area contributed by atoms with Crippen LogP contribution >= 0.6 is 0 Å². The fourth-order valence-electron chi connectivity index (χ4n) is 7.20. The van der Waals surface area contributed by atoms with Crippen LogP contribution in [0.5, 0.6) is 0 Å². The lowest BCUT2D eigenvalue weighted by atomic mass is 9.59. The lowest BCUT2D eigenvalue weighted by Crippen LogP contribution is -2.38. The Hall–Kier alpha value is -0.900. The first-order chi connectivity index (χ1) is 14.8. The van der Waals surface area contributed by atoms with Gasteiger partial charge in [0.05, 0.1) is 12.2 Å². The average molecular weight is 431 g/mol. The van der Waals surface area contributed by atoms with E-state index in [1.54, 1.807) is 5.57 Å². The Labute approximate surface area is 190 Å². The summed E-state index contributed by atoms with van der Waals surface area (Å²) in [6, 6.07) is 0. The zero-order chi connectivity index (χ0) is 22.6. The van der Waals surface area contributed by atoms with Crippen molar-refractivity contribution in [2.24, 2.45) is 29.1 Å². The minimum Gasteiger partial charge on any atom is -0.396 e. The third-order valence-corrected chi connectivity index (χ3v) is 9.14. The highest BCUT2D eigenvalue weighted by molar-refractivity contribution is 5.29. The van der Waals surface area contributed by atoms with Gasteiger partial charge in [0.15, 0.2) is 0 Å². The summed E-state index contributed by atoms with van der Waals surface area (Å²) < 4.78 is 0. The molecule has 3 aliphatic rings. The quantitative estimate of drug-likeness (QED) is 0.417. The summed E-state index contributed by atoms with van der Waals surface area (Å²) in [5.41, 5.74) is 3.64. The molecule has 0 aromatic carbocycles. The second-order valence-electron chi connectivity index (χ2n) is 11.0. The van der Waals surface area contributed by atoms with Crippen LogP contribution in [0.25, 0.3) is 0 Å². The number of fused-ring (bicyclic) bond motifs is 1. The van der Waals surface area contributed by atoms with E-state index in [1.807, 2.05) is 0 Å². The molecule has 3 saturated carbocycles. The second kappa shape index (κ2) is 10.8. The monoisotopic (exact) mass is 430 g/mol. The molecule has 0 heterocycles. The molecular formula is C28H46O3. The van der Waals surface area contributed by atoms with Crippen LogP contribution in [0.15, 0.2) is 35.5 Å². The summed E-state index contributed by atoms with van der Waals surface area (Å²) in [6.07, 6.45) is 15.5. The fraction of sp³-hybridized carbons (Fsp3) is 0.786. The average Bonchev–Trinajstić information content (AvgIpc) is 3.10. The summed E-state index contributed by atoms with van der Waals surface area (Å²) in [5, 5.41) is 30.0. The molecule has 3 N–H and O–H groups in total. The van der Waals surface area contributed by atoms with Gasteiger partial charge in [-0.05, 0) is 86.0 Å². The van der Waals surface area contributed by atoms with Gasteiger partial charge in [0.2, 0.25) is 0 Å². The molecule has 0 saturated heterocycles. The van der Waals surface area contributed by atoms with Gasteiger partial charge in [-0.25, -0.2) is 0 Å². The predicted octanol–water partition coefficient (Wildman–Crippen LogP) is 5.95. The van der Waals surface area contributed by atoms with E-state index >= 15 is 0 Å². The van der Waals surface area contributed by atoms with Crippen molar-refractivity contribution in [3.05, 3.63) is 35.5 Å². The van der Waals surface area contributed by atoms with Crippen molar-refractivity contribution in [3.63, 3.8) is 0 Å². The summed E-state index contributed by atoms with van der Waals surface area (Å²) in [4.78, 5) is 0. The van der Waals surface area contributed by atoms with Gasteiger partial charge < -0.3 is 15.3 Å². The zero-order valence-corrected chi connectivity index (χ0v) is 20.2. The standard InChI is InChI=1S/C28H46O3/c1-5-6-8-22(14-16-29)19(2)24-12-13-25-23(9-7-15-28(24,25)4)11-10-21-17-26(30)20(3)27(31)18-21/h10-11,19,22,24-27,29-31H,3,5-9,12-18H2,1-2,4H3/b23-11+/t19-,22-,24-,25+,26-,27-,28-/m1/s1. The maximum absolute atomic E-state index is 10.2. The van der Waals surface area contributed by atoms with Crippen LogP contribution in [0.2, 0.25) is 0 Å². The molecule has 0 radical (unpaired) electrons. The number of allylic oxidation sites excluding steroid dienone is 3. The van der Waals surface area contributed by atoms with Crippen LogP contribution < -0.4 is 0 Å². The molecule has 0 aliphatic heterocycles. The highest BCUT2D eigenvalue weighted by Crippen LogP contribution is 2.60. The largest absolute Gasteiger partial charge is 0.396 e. The number of aliphatic hydroxyl groups is 3. The summed E-state index contributed by atoms with van der Waals surface area (Å²) in [7, 11) is 0. The SMILES string of the molecule is C=C1[C@H](O)CC(=C/C=C2\CCC[C@]3(C)[C@@H]([C@H](C)[C@@H](CCO)CCCC)CC[C@@H]23)C[C@H]1O. The van der Waals surface area contributed by atoms with E-state index in [4.69, 9.17) is 0 Å². The highest BCUT2D eigenvalue weighted by atomic mass is 16.3. The second-order valence-corrected chi connectivity index (χ2v) is 11.0. The van der Waals surface area contributed by atoms with Crippen molar-refractivity contribution in [2.75, 3.05) is 6.61 Å². The normalized spacial score (nSPS) is 37.0. The molecule has 7 atom stereocenters. The van der Waals surface area contributed by atoms with Crippen LogP contribution in [0.1, 0.15) is 91.4 Å². The van der Waals surface area contributed by atoms with Crippen LogP contribution in [0, 0.1) is 29.1 Å². The third-order valence-electron chi connectivity index (χ3n) is 9.14. The van der Waals surface area contributed by atoms with E-state index in [0.29, 0.717) is 48.2 Å². The van der Waals surface area contributed by atoms with E-state index < -0.39 is 12.2 Å². The first kappa shape index (κ1) is 24.7. The van der Waals surface area contributed by atoms with Gasteiger partial charge in [-0.3, -0.25) is 0 Å². The Morgan fingerprint density at radius 1 is 1.13 bits per heavy atom. The number of hydrogen-bond donors (Lipinski definition) is 3. The van der Waals surface area contributed by atoms with Crippen molar-refractivity contribution >= 4 is 0 Å². The van der Waals surface area contributed by atoms with Crippen LogP contribution in [-0.2, 0) is 0 Å². The van der Waals surface area contributed by atoms with Gasteiger partial charge in [0.25, 0.3) is 0 Å². The minimum absolute atomic E-state index is 0.314. The van der Waals surface area contributed by atoms with Crippen LogP contribution in [-0.4, -0.2) is 34.1 Å². The smallest absolute Gasteiger partial charge is 0.0809 e. The molecular weight excluding hydrogens is 384 g/mol. The molecule has 31 heavy (non-hydrogen) atoms. The molecule has 176 valence electrons. The van der Waals surface area contributed by atoms with E-state index in [-0.39, 0.29) is 0 Å². The molecule has 3 aliphatic carbocycles. The maximum Gasteiger partial charge on any atom is 0.0809 e. The highest BCUT2D eigenvalue weighted by Gasteiger charge is 2.51. The molecule has 0 aromatic rings. The molecule has 0 spiro atoms. The van der Waals surface area contributed by atoms with E-state index in [9.17, 15) is 15.3 Å². The number of hydrogen-bond acceptors (Lipinski definition) is 3. The van der Waals surface area contributed by atoms with Gasteiger partial charge >= 0.3 is 0 Å². The van der Waals surface area contributed by atoms with Crippen molar-refractivity contribution in [1.29, 1.82) is 0 Å². The first-order valence-electron chi connectivity index (χ1n) is 12.9. The van der Waals surface area contributed by atoms with E-state index in [1.165, 1.54) is 51.4 Å². The Morgan fingerprint density at radius 3 is 2.48 bits per heavy atom. The molecule has 3 heteroatoms. The molecule has 3 nitrogen and oxygen atoms in total. The molecule has 0 bridgehead atoms. The van der Waals surface area contributed by atoms with E-state index in [2.05, 4.69) is 39.5 Å². The van der Waals surface area contributed by atoms with Crippen molar-refractivity contribution in [1.82, 2.24) is 0 Å². The molecule has 0 aromatic heterocycles. The van der Waals surface area contributed by atoms with Gasteiger partial charge in [-0.15, -0.1) is 0 Å². The van der Waals surface area contributed by atoms with Gasteiger partial charge in [0.1, 0.15) is 0 Å². The lowest BCUT2D eigenvalue weighted by Gasteiger charge is -2.46. The zero-order valence-electron chi connectivity index (χ0n) is 20.2. The van der Waals surface area contributed by atoms with Gasteiger partial charge in [-0.2, -0.15) is 0 Å². The molecule has 0 amide bonds.